The molecule has 1 aromatic rings. The summed E-state index contributed by atoms with van der Waals surface area (Å²) in [6.45, 7) is 6.07. The van der Waals surface area contributed by atoms with Crippen molar-refractivity contribution in [1.29, 1.82) is 0 Å². The molecule has 20 heavy (non-hydrogen) atoms. The van der Waals surface area contributed by atoms with E-state index < -0.39 is 6.10 Å². The molecule has 1 heterocycles. The third-order valence-electron chi connectivity index (χ3n) is 3.64. The molecule has 1 rings (SSSR count). The zero-order valence-electron chi connectivity index (χ0n) is 13.1. The van der Waals surface area contributed by atoms with Crippen LogP contribution in [0.3, 0.4) is 0 Å². The fourth-order valence-corrected chi connectivity index (χ4v) is 3.09. The van der Waals surface area contributed by atoms with Gasteiger partial charge in [0, 0.05) is 6.54 Å². The summed E-state index contributed by atoms with van der Waals surface area (Å²) in [6, 6.07) is 0. The molecule has 0 aromatic carbocycles. The highest BCUT2D eigenvalue weighted by Crippen LogP contribution is 2.33. The Hall–Kier alpha value is -0.390. The monoisotopic (exact) mass is 345 g/mol. The summed E-state index contributed by atoms with van der Waals surface area (Å²) in [4.78, 5) is 2.13. The molecular formula is C15H28BrN3O. The van der Waals surface area contributed by atoms with Gasteiger partial charge in [-0.3, -0.25) is 4.68 Å². The second-order valence-electron chi connectivity index (χ2n) is 5.69. The normalized spacial score (nSPS) is 13.4. The number of rotatable bonds is 9. The largest absolute Gasteiger partial charge is 0.386 e. The van der Waals surface area contributed by atoms with E-state index in [4.69, 9.17) is 0 Å². The summed E-state index contributed by atoms with van der Waals surface area (Å²) in [7, 11) is 4.09. The lowest BCUT2D eigenvalue weighted by atomic mass is 9.90. The number of hydrogen-bond acceptors (Lipinski definition) is 3. The van der Waals surface area contributed by atoms with Crippen molar-refractivity contribution in [1.82, 2.24) is 14.7 Å². The average molecular weight is 346 g/mol. The molecular weight excluding hydrogens is 318 g/mol. The Balaban J connectivity index is 2.88. The summed E-state index contributed by atoms with van der Waals surface area (Å²) >= 11 is 3.54. The Kier molecular flexibility index (Phi) is 7.77. The third-order valence-corrected chi connectivity index (χ3v) is 4.25. The molecule has 0 saturated carbocycles. The van der Waals surface area contributed by atoms with E-state index in [9.17, 15) is 5.11 Å². The van der Waals surface area contributed by atoms with Gasteiger partial charge in [0.25, 0.3) is 0 Å². The van der Waals surface area contributed by atoms with Gasteiger partial charge < -0.3 is 10.0 Å². The Morgan fingerprint density at radius 3 is 2.40 bits per heavy atom. The van der Waals surface area contributed by atoms with Crippen molar-refractivity contribution in [3.05, 3.63) is 16.4 Å². The summed E-state index contributed by atoms with van der Waals surface area (Å²) < 4.78 is 2.86. The van der Waals surface area contributed by atoms with Gasteiger partial charge in [0.15, 0.2) is 0 Å². The smallest absolute Gasteiger partial charge is 0.0996 e. The van der Waals surface area contributed by atoms with Gasteiger partial charge in [-0.15, -0.1) is 0 Å². The number of aliphatic hydroxyl groups is 1. The van der Waals surface area contributed by atoms with E-state index in [-0.39, 0.29) is 0 Å². The van der Waals surface area contributed by atoms with Crippen molar-refractivity contribution in [2.75, 3.05) is 20.6 Å². The topological polar surface area (TPSA) is 41.3 Å². The molecule has 4 nitrogen and oxygen atoms in total. The van der Waals surface area contributed by atoms with E-state index in [0.29, 0.717) is 5.92 Å². The van der Waals surface area contributed by atoms with Crippen LogP contribution in [0.5, 0.6) is 0 Å². The van der Waals surface area contributed by atoms with Crippen LogP contribution in [-0.2, 0) is 6.54 Å². The molecule has 0 aliphatic rings. The maximum absolute atomic E-state index is 10.8. The van der Waals surface area contributed by atoms with Crippen LogP contribution in [0, 0.1) is 5.92 Å². The number of aliphatic hydroxyl groups excluding tert-OH is 1. The highest BCUT2D eigenvalue weighted by atomic mass is 79.9. The number of hydrogen-bond donors (Lipinski definition) is 1. The van der Waals surface area contributed by atoms with Gasteiger partial charge in [-0.05, 0) is 48.8 Å². The van der Waals surface area contributed by atoms with Crippen LogP contribution >= 0.6 is 15.9 Å². The molecule has 0 amide bonds. The van der Waals surface area contributed by atoms with Gasteiger partial charge in [-0.2, -0.15) is 5.10 Å². The van der Waals surface area contributed by atoms with Gasteiger partial charge in [0.1, 0.15) is 0 Å². The van der Waals surface area contributed by atoms with Crippen molar-refractivity contribution in [3.8, 4) is 0 Å². The average Bonchev–Trinajstić information content (AvgIpc) is 2.76. The lowest BCUT2D eigenvalue weighted by molar-refractivity contribution is 0.0865. The van der Waals surface area contributed by atoms with Crippen molar-refractivity contribution in [3.63, 3.8) is 0 Å². The second-order valence-corrected chi connectivity index (χ2v) is 6.54. The van der Waals surface area contributed by atoms with Crippen LogP contribution in [0.1, 0.15) is 51.3 Å². The third kappa shape index (κ3) is 4.86. The van der Waals surface area contributed by atoms with E-state index in [2.05, 4.69) is 39.8 Å². The maximum Gasteiger partial charge on any atom is 0.0996 e. The van der Waals surface area contributed by atoms with Crippen LogP contribution in [0.2, 0.25) is 0 Å². The molecule has 0 aliphatic carbocycles. The Morgan fingerprint density at radius 2 is 1.90 bits per heavy atom. The first-order valence-electron chi connectivity index (χ1n) is 7.55. The van der Waals surface area contributed by atoms with Crippen LogP contribution < -0.4 is 0 Å². The van der Waals surface area contributed by atoms with Gasteiger partial charge >= 0.3 is 0 Å². The van der Waals surface area contributed by atoms with E-state index in [1.807, 2.05) is 18.8 Å². The highest BCUT2D eigenvalue weighted by Gasteiger charge is 2.25. The molecule has 0 aliphatic heterocycles. The summed E-state index contributed by atoms with van der Waals surface area (Å²) in [5.74, 6) is 0.316. The van der Waals surface area contributed by atoms with E-state index in [1.165, 1.54) is 0 Å². The molecule has 0 spiro atoms. The summed E-state index contributed by atoms with van der Waals surface area (Å²) in [5.41, 5.74) is 0.929. The standard InChI is InChI=1S/C15H28BrN3O/c1-5-7-12(8-6-2)15(20)14-13(16)11-17-19(14)10-9-18(3)4/h11-12,15,20H,5-10H2,1-4H3. The van der Waals surface area contributed by atoms with Crippen LogP contribution in [0.4, 0.5) is 0 Å². The first kappa shape index (κ1) is 17.7. The lowest BCUT2D eigenvalue weighted by Crippen LogP contribution is -2.23. The van der Waals surface area contributed by atoms with Gasteiger partial charge in [-0.1, -0.05) is 26.7 Å². The van der Waals surface area contributed by atoms with E-state index in [1.54, 1.807) is 6.20 Å². The van der Waals surface area contributed by atoms with Crippen molar-refractivity contribution < 1.29 is 5.11 Å². The molecule has 116 valence electrons. The number of aromatic nitrogens is 2. The molecule has 1 aromatic heterocycles. The zero-order valence-corrected chi connectivity index (χ0v) is 14.7. The van der Waals surface area contributed by atoms with E-state index >= 15 is 0 Å². The molecule has 0 radical (unpaired) electrons. The fraction of sp³-hybridized carbons (Fsp3) is 0.800. The van der Waals surface area contributed by atoms with Crippen molar-refractivity contribution >= 4 is 15.9 Å². The molecule has 1 atom stereocenters. The minimum absolute atomic E-state index is 0.316. The molecule has 5 heteroatoms. The maximum atomic E-state index is 10.8. The first-order chi connectivity index (χ1) is 9.51. The fourth-order valence-electron chi connectivity index (χ4n) is 2.56. The second kappa shape index (κ2) is 8.80. The summed E-state index contributed by atoms with van der Waals surface area (Å²) in [5, 5.41) is 15.1. The Morgan fingerprint density at radius 1 is 1.30 bits per heavy atom. The SMILES string of the molecule is CCCC(CCC)C(O)c1c(Br)cnn1CCN(C)C. The number of likely N-dealkylation sites (N-methyl/N-ethyl adjacent to an activating group) is 1. The number of halogens is 1. The molecule has 0 saturated heterocycles. The molecule has 0 fully saturated rings. The van der Waals surface area contributed by atoms with Crippen LogP contribution in [-0.4, -0.2) is 40.4 Å². The van der Waals surface area contributed by atoms with Crippen LogP contribution in [0.25, 0.3) is 0 Å². The predicted molar refractivity (Wildman–Crippen MR) is 86.7 cm³/mol. The van der Waals surface area contributed by atoms with E-state index in [0.717, 1.165) is 48.9 Å². The first-order valence-corrected chi connectivity index (χ1v) is 8.34. The highest BCUT2D eigenvalue weighted by molar-refractivity contribution is 9.10. The predicted octanol–water partition coefficient (Wildman–Crippen LogP) is 3.46. The van der Waals surface area contributed by atoms with Gasteiger partial charge in [-0.25, -0.2) is 0 Å². The van der Waals surface area contributed by atoms with Crippen molar-refractivity contribution in [2.45, 2.75) is 52.2 Å². The molecule has 1 unspecified atom stereocenters. The summed E-state index contributed by atoms with van der Waals surface area (Å²) in [6.07, 6.45) is 5.68. The molecule has 1 N–H and O–H groups in total. The van der Waals surface area contributed by atoms with Crippen molar-refractivity contribution in [2.24, 2.45) is 5.92 Å². The number of nitrogens with zero attached hydrogens (tertiary/aromatic N) is 3. The van der Waals surface area contributed by atoms with Gasteiger partial charge in [0.2, 0.25) is 0 Å². The zero-order chi connectivity index (χ0) is 15.1. The van der Waals surface area contributed by atoms with Gasteiger partial charge in [0.05, 0.1) is 29.0 Å². The van der Waals surface area contributed by atoms with Crippen LogP contribution in [0.15, 0.2) is 10.7 Å². The lowest BCUT2D eigenvalue weighted by Gasteiger charge is -2.24. The molecule has 0 bridgehead atoms. The quantitative estimate of drug-likeness (QED) is 0.745. The Bertz CT molecular complexity index is 386. The Labute approximate surface area is 131 Å². The minimum atomic E-state index is -0.436. The minimum Gasteiger partial charge on any atom is -0.386 e.